The van der Waals surface area contributed by atoms with E-state index in [1.807, 2.05) is 0 Å². The topological polar surface area (TPSA) is 551 Å². The molecule has 0 radical (unpaired) electrons. The van der Waals surface area contributed by atoms with E-state index in [1.165, 1.54) is 38.1 Å². The first-order chi connectivity index (χ1) is 44.5. The smallest absolute Gasteiger partial charge is 0.328 e. The Labute approximate surface area is 553 Å². The molecule has 0 fully saturated rings. The van der Waals surface area contributed by atoms with Crippen molar-refractivity contribution < 1.29 is 92.7 Å². The molecule has 1 aromatic rings. The number of amides is 12. The van der Waals surface area contributed by atoms with Gasteiger partial charge in [0.15, 0.2) is 0 Å². The van der Waals surface area contributed by atoms with Crippen LogP contribution in [0.25, 0.3) is 0 Å². The van der Waals surface area contributed by atoms with E-state index in [2.05, 4.69) is 58.5 Å². The van der Waals surface area contributed by atoms with E-state index in [0.29, 0.717) is 24.8 Å². The second-order valence-corrected chi connectivity index (χ2v) is 24.8. The number of aliphatic hydroxyl groups excluding tert-OH is 2. The largest absolute Gasteiger partial charge is 0.508 e. The molecular formula is C62H104N14O19. The molecule has 0 aromatic heterocycles. The first-order valence-electron chi connectivity index (χ1n) is 32.0. The molecule has 33 heteroatoms. The van der Waals surface area contributed by atoms with E-state index in [9.17, 15) is 92.7 Å². The Bertz CT molecular complexity index is 2760. The van der Waals surface area contributed by atoms with E-state index in [0.717, 1.165) is 0 Å². The van der Waals surface area contributed by atoms with Crippen LogP contribution in [0, 0.1) is 29.6 Å². The van der Waals surface area contributed by atoms with Gasteiger partial charge >= 0.3 is 11.9 Å². The molecule has 15 atom stereocenters. The zero-order chi connectivity index (χ0) is 72.6. The summed E-state index contributed by atoms with van der Waals surface area (Å²) in [4.78, 5) is 189. The van der Waals surface area contributed by atoms with Crippen LogP contribution in [-0.2, 0) is 73.5 Å². The van der Waals surface area contributed by atoms with Gasteiger partial charge in [-0.05, 0) is 92.9 Å². The molecule has 0 heterocycles. The Balaban J connectivity index is 3.71. The number of carboxylic acids is 2. The lowest BCUT2D eigenvalue weighted by Gasteiger charge is -2.31. The summed E-state index contributed by atoms with van der Waals surface area (Å²) in [6.45, 7) is 16.5. The summed E-state index contributed by atoms with van der Waals surface area (Å²) in [5.41, 5.74) is 17.4. The number of primary amides is 1. The van der Waals surface area contributed by atoms with Crippen molar-refractivity contribution in [2.75, 3.05) is 19.8 Å². The Kier molecular flexibility index (Phi) is 38.0. The number of nitrogens with two attached hydrogens (primary N) is 3. The highest BCUT2D eigenvalue weighted by Crippen LogP contribution is 2.18. The number of hydrogen-bond acceptors (Lipinski definition) is 19. The lowest BCUT2D eigenvalue weighted by Crippen LogP contribution is -2.62. The molecule has 1 aromatic carbocycles. The Hall–Kier alpha value is -8.56. The van der Waals surface area contributed by atoms with Gasteiger partial charge in [-0.25, -0.2) is 4.79 Å². The standard InChI is InChI=1S/C62H104N14O19/c1-12-32(8)48(59(91)67-39(17-15-16-22-63)53(85)66-35(11)51(83)73-45(29-78)62(94)95)74-55(87)40(24-31(6)7)70-60(92)49(33(9)13-2)75-56(88)41(25-36-18-20-37(79)21-19-36)68-54(86)43(27-47(81)82)71-61(93)50(34(10)14-3)76-57(89)42(26-46(65)80)69-58(90)44(28-77)72-52(84)38(64)23-30(4)5/h18-21,30-35,38-45,48-50,77-79H,12-17,22-29,63-64H2,1-11H3,(H2,65,80)(H,66,85)(H,67,91)(H,68,86)(H,69,90)(H,70,92)(H,71,93)(H,72,84)(H,73,83)(H,74,87)(H,75,88)(H,76,89)(H,81,82)(H,94,95)/t32-,33-,34-,35-,38-,39-,40-,41-,42-,43-,44-,45-,48-,49-,50-/m0/s1. The summed E-state index contributed by atoms with van der Waals surface area (Å²) in [6.07, 6.45) is -0.618. The minimum Gasteiger partial charge on any atom is -0.508 e. The number of benzene rings is 1. The van der Waals surface area contributed by atoms with Crippen LogP contribution in [0.1, 0.15) is 146 Å². The van der Waals surface area contributed by atoms with Crippen molar-refractivity contribution in [2.24, 2.45) is 46.8 Å². The molecule has 22 N–H and O–H groups in total. The molecule has 0 aliphatic carbocycles. The van der Waals surface area contributed by atoms with Crippen molar-refractivity contribution in [2.45, 2.75) is 219 Å². The Morgan fingerprint density at radius 2 is 0.811 bits per heavy atom. The third kappa shape index (κ3) is 30.2. The highest BCUT2D eigenvalue weighted by Gasteiger charge is 2.39. The molecule has 12 amide bonds. The van der Waals surface area contributed by atoms with Crippen molar-refractivity contribution in [3.63, 3.8) is 0 Å². The highest BCUT2D eigenvalue weighted by molar-refractivity contribution is 6.00. The number of carboxylic acid groups (broad SMARTS) is 2. The van der Waals surface area contributed by atoms with Gasteiger partial charge in [-0.15, -0.1) is 0 Å². The number of unbranched alkanes of at least 4 members (excludes halogenated alkanes) is 1. The normalized spacial score (nSPS) is 16.0. The van der Waals surface area contributed by atoms with Crippen molar-refractivity contribution in [1.29, 1.82) is 0 Å². The maximum atomic E-state index is 14.7. The number of rotatable bonds is 45. The van der Waals surface area contributed by atoms with Gasteiger partial charge in [-0.3, -0.25) is 62.3 Å². The Morgan fingerprint density at radius 1 is 0.432 bits per heavy atom. The molecule has 0 unspecified atom stereocenters. The van der Waals surface area contributed by atoms with Gasteiger partial charge < -0.3 is 101 Å². The molecule has 536 valence electrons. The predicted molar refractivity (Wildman–Crippen MR) is 345 cm³/mol. The van der Waals surface area contributed by atoms with Gasteiger partial charge in [0.1, 0.15) is 72.2 Å². The molecule has 0 saturated carbocycles. The van der Waals surface area contributed by atoms with Crippen molar-refractivity contribution in [3.8, 4) is 5.75 Å². The fourth-order valence-electron chi connectivity index (χ4n) is 9.48. The minimum atomic E-state index is -1.99. The molecule has 0 spiro atoms. The van der Waals surface area contributed by atoms with E-state index in [1.54, 1.807) is 62.3 Å². The summed E-state index contributed by atoms with van der Waals surface area (Å²) in [5.74, 6) is -17.6. The summed E-state index contributed by atoms with van der Waals surface area (Å²) in [7, 11) is 0. The monoisotopic (exact) mass is 1350 g/mol. The van der Waals surface area contributed by atoms with Crippen LogP contribution in [-0.4, -0.2) is 201 Å². The fraction of sp³-hybridized carbons (Fsp3) is 0.677. The van der Waals surface area contributed by atoms with Gasteiger partial charge in [-0.2, -0.15) is 0 Å². The zero-order valence-corrected chi connectivity index (χ0v) is 56.2. The van der Waals surface area contributed by atoms with E-state index in [-0.39, 0.29) is 62.7 Å². The van der Waals surface area contributed by atoms with Crippen LogP contribution in [0.3, 0.4) is 0 Å². The number of phenolic OH excluding ortho intramolecular Hbond substituents is 1. The summed E-state index contributed by atoms with van der Waals surface area (Å²) in [6, 6.07) is -12.9. The number of aliphatic hydroxyl groups is 2. The van der Waals surface area contributed by atoms with E-state index in [4.69, 9.17) is 17.2 Å². The summed E-state index contributed by atoms with van der Waals surface area (Å²) in [5, 5.41) is 75.8. The number of aliphatic carboxylic acids is 2. The molecule has 0 bridgehead atoms. The van der Waals surface area contributed by atoms with Crippen molar-refractivity contribution in [3.05, 3.63) is 29.8 Å². The van der Waals surface area contributed by atoms with Gasteiger partial charge in [0.05, 0.1) is 32.1 Å². The molecule has 0 saturated heterocycles. The predicted octanol–water partition coefficient (Wildman–Crippen LogP) is -3.61. The number of phenols is 1. The lowest BCUT2D eigenvalue weighted by molar-refractivity contribution is -0.143. The Morgan fingerprint density at radius 3 is 1.24 bits per heavy atom. The third-order valence-corrected chi connectivity index (χ3v) is 15.8. The maximum Gasteiger partial charge on any atom is 0.328 e. The van der Waals surface area contributed by atoms with Gasteiger partial charge in [0, 0.05) is 6.42 Å². The second kappa shape index (κ2) is 42.7. The summed E-state index contributed by atoms with van der Waals surface area (Å²) >= 11 is 0. The number of aromatic hydroxyl groups is 1. The first-order valence-corrected chi connectivity index (χ1v) is 32.0. The SMILES string of the molecule is CC[C@H](C)[C@H](NC(=O)[C@H](CC(C)C)NC(=O)[C@@H](NC(=O)[C@H](Cc1ccc(O)cc1)NC(=O)[C@H](CC(=O)O)NC(=O)[C@@H](NC(=O)[C@H](CC(N)=O)NC(=O)[C@H](CO)NC(=O)[C@@H](N)CC(C)C)[C@@H](C)CC)[C@@H](C)CC)C(=O)N[C@@H](CCCCN)C(=O)N[C@@H](C)C(=O)N[C@@H](CO)C(=O)O. The molecule has 0 aliphatic rings. The number of carbonyl (C=O) groups is 14. The third-order valence-electron chi connectivity index (χ3n) is 15.8. The zero-order valence-electron chi connectivity index (χ0n) is 56.2. The van der Waals surface area contributed by atoms with Crippen LogP contribution < -0.4 is 75.7 Å². The maximum absolute atomic E-state index is 14.7. The minimum absolute atomic E-state index is 0.0142. The average molecular weight is 1350 g/mol. The quantitative estimate of drug-likeness (QED) is 0.0281. The van der Waals surface area contributed by atoms with Crippen molar-refractivity contribution >= 4 is 82.8 Å². The number of hydrogen-bond donors (Lipinski definition) is 19. The van der Waals surface area contributed by atoms with Gasteiger partial charge in [0.25, 0.3) is 0 Å². The van der Waals surface area contributed by atoms with Crippen LogP contribution in [0.5, 0.6) is 5.75 Å². The van der Waals surface area contributed by atoms with Crippen molar-refractivity contribution in [1.82, 2.24) is 58.5 Å². The van der Waals surface area contributed by atoms with E-state index < -0.39 is 199 Å². The molecule has 95 heavy (non-hydrogen) atoms. The average Bonchev–Trinajstić information content (AvgIpc) is 0.908. The van der Waals surface area contributed by atoms with Crippen LogP contribution in [0.2, 0.25) is 0 Å². The fourth-order valence-corrected chi connectivity index (χ4v) is 9.48. The number of nitrogens with one attached hydrogen (secondary N) is 11. The van der Waals surface area contributed by atoms with Crippen LogP contribution in [0.4, 0.5) is 0 Å². The highest BCUT2D eigenvalue weighted by atomic mass is 16.4. The van der Waals surface area contributed by atoms with Gasteiger partial charge in [-0.1, -0.05) is 101 Å². The van der Waals surface area contributed by atoms with Crippen LogP contribution >= 0.6 is 0 Å². The van der Waals surface area contributed by atoms with Crippen LogP contribution in [0.15, 0.2) is 24.3 Å². The number of carbonyl (C=O) groups excluding carboxylic acids is 12. The molecule has 0 aliphatic heterocycles. The molecule has 33 nitrogen and oxygen atoms in total. The first kappa shape index (κ1) is 84.5. The molecule has 1 rings (SSSR count). The summed E-state index contributed by atoms with van der Waals surface area (Å²) < 4.78 is 0. The lowest BCUT2D eigenvalue weighted by atomic mass is 9.94. The van der Waals surface area contributed by atoms with Gasteiger partial charge in [0.2, 0.25) is 70.9 Å². The second-order valence-electron chi connectivity index (χ2n) is 24.8. The molecular weight excluding hydrogens is 1240 g/mol. The van der Waals surface area contributed by atoms with E-state index >= 15 is 0 Å².